The van der Waals surface area contributed by atoms with Gasteiger partial charge in [0.15, 0.2) is 0 Å². The maximum atomic E-state index is 13.0. The number of nitrogens with zero attached hydrogens (tertiary/aromatic N) is 3. The van der Waals surface area contributed by atoms with Crippen LogP contribution in [-0.4, -0.2) is 46.1 Å². The number of hydrogen-bond acceptors (Lipinski definition) is 7. The van der Waals surface area contributed by atoms with Crippen LogP contribution in [0.5, 0.6) is 0 Å². The molecule has 4 rings (SSSR count). The van der Waals surface area contributed by atoms with Gasteiger partial charge in [0.1, 0.15) is 6.04 Å². The molecule has 0 spiro atoms. The van der Waals surface area contributed by atoms with Crippen molar-refractivity contribution in [1.29, 1.82) is 0 Å². The fraction of sp³-hybridized carbons (Fsp3) is 0.600. The predicted octanol–water partition coefficient (Wildman–Crippen LogP) is 3.45. The van der Waals surface area contributed by atoms with Crippen LogP contribution in [0, 0.1) is 5.92 Å². The van der Waals surface area contributed by atoms with Crippen LogP contribution in [0.25, 0.3) is 10.7 Å². The second-order valence-corrected chi connectivity index (χ2v) is 8.48. The van der Waals surface area contributed by atoms with Gasteiger partial charge in [0, 0.05) is 18.9 Å². The highest BCUT2D eigenvalue weighted by molar-refractivity contribution is 7.13. The van der Waals surface area contributed by atoms with Crippen molar-refractivity contribution in [2.24, 2.45) is 5.92 Å². The van der Waals surface area contributed by atoms with E-state index < -0.39 is 6.04 Å². The Labute approximate surface area is 168 Å². The Morgan fingerprint density at radius 2 is 2.21 bits per heavy atom. The minimum atomic E-state index is -0.431. The molecule has 1 saturated carbocycles. The molecule has 1 aliphatic heterocycles. The molecule has 3 unspecified atom stereocenters. The monoisotopic (exact) mass is 403 g/mol. The molecule has 0 radical (unpaired) electrons. The molecule has 150 valence electrons. The zero-order valence-electron chi connectivity index (χ0n) is 16.0. The number of carbonyl (C=O) groups is 2. The molecule has 0 bridgehead atoms. The Balaban J connectivity index is 1.36. The molecule has 0 aromatic carbocycles. The average Bonchev–Trinajstić information content (AvgIpc) is 3.45. The van der Waals surface area contributed by atoms with Crippen LogP contribution in [-0.2, 0) is 20.7 Å². The van der Waals surface area contributed by atoms with Crippen LogP contribution >= 0.6 is 11.3 Å². The van der Waals surface area contributed by atoms with Gasteiger partial charge in [0.2, 0.25) is 17.6 Å². The SMILES string of the molecule is COC(=O)C1CC2CCCCC2N1C(=O)CCCc1nc(-c2cccs2)no1. The Kier molecular flexibility index (Phi) is 5.75. The van der Waals surface area contributed by atoms with E-state index in [4.69, 9.17) is 9.26 Å². The predicted molar refractivity (Wildman–Crippen MR) is 104 cm³/mol. The van der Waals surface area contributed by atoms with Crippen molar-refractivity contribution < 1.29 is 18.8 Å². The molecule has 3 atom stereocenters. The van der Waals surface area contributed by atoms with Crippen LogP contribution in [0.1, 0.15) is 50.8 Å². The summed E-state index contributed by atoms with van der Waals surface area (Å²) in [6.45, 7) is 0. The highest BCUT2D eigenvalue weighted by Gasteiger charge is 2.47. The lowest BCUT2D eigenvalue weighted by atomic mass is 9.84. The summed E-state index contributed by atoms with van der Waals surface area (Å²) in [5.41, 5.74) is 0. The maximum absolute atomic E-state index is 13.0. The smallest absolute Gasteiger partial charge is 0.328 e. The van der Waals surface area contributed by atoms with Crippen molar-refractivity contribution in [2.45, 2.75) is 63.5 Å². The lowest BCUT2D eigenvalue weighted by molar-refractivity contribution is -0.152. The lowest BCUT2D eigenvalue weighted by Crippen LogP contribution is -2.46. The van der Waals surface area contributed by atoms with Crippen LogP contribution in [0.3, 0.4) is 0 Å². The van der Waals surface area contributed by atoms with E-state index in [-0.39, 0.29) is 17.9 Å². The van der Waals surface area contributed by atoms with Gasteiger partial charge in [-0.05, 0) is 43.0 Å². The van der Waals surface area contributed by atoms with Gasteiger partial charge in [0.25, 0.3) is 0 Å². The Morgan fingerprint density at radius 3 is 3.00 bits per heavy atom. The quantitative estimate of drug-likeness (QED) is 0.687. The number of likely N-dealkylation sites (tertiary alicyclic amines) is 1. The van der Waals surface area contributed by atoms with Crippen molar-refractivity contribution in [3.8, 4) is 10.7 Å². The first-order valence-electron chi connectivity index (χ1n) is 9.93. The number of esters is 1. The summed E-state index contributed by atoms with van der Waals surface area (Å²) in [6, 6.07) is 3.64. The van der Waals surface area contributed by atoms with Crippen molar-refractivity contribution in [3.63, 3.8) is 0 Å². The van der Waals surface area contributed by atoms with E-state index in [1.54, 1.807) is 11.3 Å². The topological polar surface area (TPSA) is 85.5 Å². The maximum Gasteiger partial charge on any atom is 0.328 e. The summed E-state index contributed by atoms with van der Waals surface area (Å²) in [5.74, 6) is 1.29. The summed E-state index contributed by atoms with van der Waals surface area (Å²) in [7, 11) is 1.40. The molecular weight excluding hydrogens is 378 g/mol. The van der Waals surface area contributed by atoms with Gasteiger partial charge in [-0.15, -0.1) is 11.3 Å². The molecular formula is C20H25N3O4S. The third kappa shape index (κ3) is 3.83. The van der Waals surface area contributed by atoms with Gasteiger partial charge in [-0.3, -0.25) is 4.79 Å². The number of amides is 1. The zero-order chi connectivity index (χ0) is 19.5. The fourth-order valence-electron chi connectivity index (χ4n) is 4.55. The lowest BCUT2D eigenvalue weighted by Gasteiger charge is -2.33. The molecule has 2 fully saturated rings. The minimum Gasteiger partial charge on any atom is -0.467 e. The summed E-state index contributed by atoms with van der Waals surface area (Å²) in [4.78, 5) is 32.4. The highest BCUT2D eigenvalue weighted by atomic mass is 32.1. The fourth-order valence-corrected chi connectivity index (χ4v) is 5.20. The molecule has 3 heterocycles. The number of methoxy groups -OCH3 is 1. The number of aryl methyl sites for hydroxylation is 1. The summed E-state index contributed by atoms with van der Waals surface area (Å²) >= 11 is 1.56. The number of thiophene rings is 1. The van der Waals surface area contributed by atoms with Gasteiger partial charge in [-0.2, -0.15) is 4.98 Å². The molecule has 1 amide bonds. The second kappa shape index (κ2) is 8.43. The van der Waals surface area contributed by atoms with Crippen LogP contribution < -0.4 is 0 Å². The minimum absolute atomic E-state index is 0.0304. The van der Waals surface area contributed by atoms with E-state index in [1.165, 1.54) is 13.5 Å². The first kappa shape index (κ1) is 19.1. The van der Waals surface area contributed by atoms with E-state index >= 15 is 0 Å². The molecule has 1 saturated heterocycles. The number of hydrogen-bond donors (Lipinski definition) is 0. The largest absolute Gasteiger partial charge is 0.467 e. The number of rotatable bonds is 6. The van der Waals surface area contributed by atoms with Crippen LogP contribution in [0.15, 0.2) is 22.0 Å². The van der Waals surface area contributed by atoms with Crippen molar-refractivity contribution in [2.75, 3.05) is 7.11 Å². The van der Waals surface area contributed by atoms with E-state index in [9.17, 15) is 9.59 Å². The number of fused-ring (bicyclic) bond motifs is 1. The summed E-state index contributed by atoms with van der Waals surface area (Å²) in [6.07, 6.45) is 6.65. The summed E-state index contributed by atoms with van der Waals surface area (Å²) < 4.78 is 10.3. The molecule has 2 aromatic rings. The molecule has 28 heavy (non-hydrogen) atoms. The number of aromatic nitrogens is 2. The Bertz CT molecular complexity index is 819. The van der Waals surface area contributed by atoms with Gasteiger partial charge in [-0.25, -0.2) is 4.79 Å². The van der Waals surface area contributed by atoms with Crippen LogP contribution in [0.4, 0.5) is 0 Å². The number of ether oxygens (including phenoxy) is 1. The molecule has 2 aromatic heterocycles. The van der Waals surface area contributed by atoms with Gasteiger partial charge in [0.05, 0.1) is 12.0 Å². The third-order valence-electron chi connectivity index (χ3n) is 5.84. The standard InChI is InChI=1S/C20H25N3O4S/c1-26-20(25)15-12-13-6-2-3-7-14(13)23(15)18(24)10-4-9-17-21-19(22-27-17)16-8-5-11-28-16/h5,8,11,13-15H,2-4,6-7,9-10,12H2,1H3. The average molecular weight is 404 g/mol. The Hall–Kier alpha value is -2.22. The van der Waals surface area contributed by atoms with Gasteiger partial charge < -0.3 is 14.2 Å². The first-order chi connectivity index (χ1) is 13.7. The molecule has 0 N–H and O–H groups in total. The second-order valence-electron chi connectivity index (χ2n) is 7.53. The van der Waals surface area contributed by atoms with Crippen LogP contribution in [0.2, 0.25) is 0 Å². The Morgan fingerprint density at radius 1 is 1.36 bits per heavy atom. The van der Waals surface area contributed by atoms with Gasteiger partial charge in [-0.1, -0.05) is 24.1 Å². The van der Waals surface area contributed by atoms with Crippen molar-refractivity contribution in [3.05, 3.63) is 23.4 Å². The number of carbonyl (C=O) groups excluding carboxylic acids is 2. The molecule has 7 nitrogen and oxygen atoms in total. The van der Waals surface area contributed by atoms with Gasteiger partial charge >= 0.3 is 5.97 Å². The zero-order valence-corrected chi connectivity index (χ0v) is 16.8. The molecule has 8 heteroatoms. The summed E-state index contributed by atoms with van der Waals surface area (Å²) in [5, 5.41) is 5.97. The first-order valence-corrected chi connectivity index (χ1v) is 10.8. The van der Waals surface area contributed by atoms with E-state index in [1.807, 2.05) is 22.4 Å². The molecule has 2 aliphatic rings. The van der Waals surface area contributed by atoms with E-state index in [0.717, 1.165) is 30.6 Å². The van der Waals surface area contributed by atoms with E-state index in [0.29, 0.717) is 36.9 Å². The highest BCUT2D eigenvalue weighted by Crippen LogP contribution is 2.40. The van der Waals surface area contributed by atoms with Crippen molar-refractivity contribution >= 4 is 23.2 Å². The molecule has 1 aliphatic carbocycles. The van der Waals surface area contributed by atoms with Crippen molar-refractivity contribution in [1.82, 2.24) is 15.0 Å². The normalized spacial score (nSPS) is 24.2. The third-order valence-corrected chi connectivity index (χ3v) is 6.71. The van der Waals surface area contributed by atoms with E-state index in [2.05, 4.69) is 10.1 Å².